The molecule has 2 amide bonds. The van der Waals surface area contributed by atoms with Crippen LogP contribution in [0.2, 0.25) is 0 Å². The molecule has 0 aliphatic rings. The van der Waals surface area contributed by atoms with Crippen molar-refractivity contribution >= 4 is 11.8 Å². The molecule has 1 heterocycles. The van der Waals surface area contributed by atoms with Crippen LogP contribution in [0.25, 0.3) is 0 Å². The maximum Gasteiger partial charge on any atom is 0.251 e. The van der Waals surface area contributed by atoms with Gasteiger partial charge in [-0.25, -0.2) is 0 Å². The van der Waals surface area contributed by atoms with E-state index < -0.39 is 0 Å². The van der Waals surface area contributed by atoms with E-state index in [4.69, 9.17) is 0 Å². The third-order valence-electron chi connectivity index (χ3n) is 3.10. The normalized spacial score (nSPS) is 10.2. The fourth-order valence-corrected chi connectivity index (χ4v) is 1.86. The minimum absolute atomic E-state index is 0.0519. The lowest BCUT2D eigenvalue weighted by atomic mass is 10.1. The second kappa shape index (κ2) is 6.69. The number of aryl methyl sites for hydroxylation is 2. The van der Waals surface area contributed by atoms with Crippen LogP contribution in [0.5, 0.6) is 0 Å². The quantitative estimate of drug-likeness (QED) is 0.768. The molecule has 6 heteroatoms. The van der Waals surface area contributed by atoms with E-state index in [-0.39, 0.29) is 18.4 Å². The molecular weight excluding hydrogens is 268 g/mol. The molecule has 1 aromatic heterocycles. The number of hydrogen-bond donors (Lipinski definition) is 3. The van der Waals surface area contributed by atoms with E-state index in [0.717, 1.165) is 16.8 Å². The van der Waals surface area contributed by atoms with Crippen LogP contribution in [0.15, 0.2) is 30.5 Å². The zero-order chi connectivity index (χ0) is 15.2. The maximum atomic E-state index is 11.9. The van der Waals surface area contributed by atoms with Gasteiger partial charge in [-0.3, -0.25) is 14.7 Å². The van der Waals surface area contributed by atoms with E-state index >= 15 is 0 Å². The van der Waals surface area contributed by atoms with Crippen LogP contribution >= 0.6 is 0 Å². The number of hydrogen-bond acceptors (Lipinski definition) is 3. The molecular formula is C15H18N4O2. The summed E-state index contributed by atoms with van der Waals surface area (Å²) in [5.74, 6) is -0.495. The first-order valence-electron chi connectivity index (χ1n) is 6.66. The summed E-state index contributed by atoms with van der Waals surface area (Å²) in [5, 5.41) is 12.0. The van der Waals surface area contributed by atoms with Crippen molar-refractivity contribution in [3.63, 3.8) is 0 Å². The molecule has 0 fully saturated rings. The SMILES string of the molecule is Cc1cccc(C(=O)NCC(=O)NCc2cn[nH]c2C)c1. The zero-order valence-electron chi connectivity index (χ0n) is 12.1. The van der Waals surface area contributed by atoms with Gasteiger partial charge in [0.15, 0.2) is 0 Å². The average Bonchev–Trinajstić information content (AvgIpc) is 2.88. The summed E-state index contributed by atoms with van der Waals surface area (Å²) >= 11 is 0. The Morgan fingerprint density at radius 3 is 2.71 bits per heavy atom. The van der Waals surface area contributed by atoms with Crippen molar-refractivity contribution in [2.24, 2.45) is 0 Å². The summed E-state index contributed by atoms with van der Waals surface area (Å²) in [4.78, 5) is 23.6. The van der Waals surface area contributed by atoms with Gasteiger partial charge in [0.05, 0.1) is 12.7 Å². The van der Waals surface area contributed by atoms with Crippen molar-refractivity contribution in [1.82, 2.24) is 20.8 Å². The predicted octanol–water partition coefficient (Wildman–Crippen LogP) is 1.07. The van der Waals surface area contributed by atoms with Crippen LogP contribution in [0, 0.1) is 13.8 Å². The highest BCUT2D eigenvalue weighted by Gasteiger charge is 2.08. The number of aromatic amines is 1. The number of nitrogens with zero attached hydrogens (tertiary/aromatic N) is 1. The second-order valence-corrected chi connectivity index (χ2v) is 4.85. The summed E-state index contributed by atoms with van der Waals surface area (Å²) < 4.78 is 0. The van der Waals surface area contributed by atoms with Gasteiger partial charge in [-0.15, -0.1) is 0 Å². The van der Waals surface area contributed by atoms with Crippen molar-refractivity contribution in [2.75, 3.05) is 6.54 Å². The first-order valence-corrected chi connectivity index (χ1v) is 6.66. The molecule has 110 valence electrons. The number of nitrogens with one attached hydrogen (secondary N) is 3. The smallest absolute Gasteiger partial charge is 0.251 e. The second-order valence-electron chi connectivity index (χ2n) is 4.85. The van der Waals surface area contributed by atoms with Gasteiger partial charge in [0, 0.05) is 23.4 Å². The lowest BCUT2D eigenvalue weighted by molar-refractivity contribution is -0.120. The Morgan fingerprint density at radius 1 is 1.24 bits per heavy atom. The Kier molecular flexibility index (Phi) is 4.71. The van der Waals surface area contributed by atoms with Crippen LogP contribution in [0.1, 0.15) is 27.2 Å². The Balaban J connectivity index is 1.79. The van der Waals surface area contributed by atoms with E-state index in [1.807, 2.05) is 26.0 Å². The standard InChI is InChI=1S/C15H18N4O2/c1-10-4-3-5-12(6-10)15(21)17-9-14(20)16-7-13-8-18-19-11(13)2/h3-6,8H,7,9H2,1-2H3,(H,16,20)(H,17,21)(H,18,19). The van der Waals surface area contributed by atoms with Gasteiger partial charge in [-0.1, -0.05) is 17.7 Å². The number of carbonyl (C=O) groups is 2. The number of H-pyrrole nitrogens is 1. The van der Waals surface area contributed by atoms with Crippen LogP contribution in [0.4, 0.5) is 0 Å². The maximum absolute atomic E-state index is 11.9. The van der Waals surface area contributed by atoms with Gasteiger partial charge < -0.3 is 10.6 Å². The van der Waals surface area contributed by atoms with E-state index in [9.17, 15) is 9.59 Å². The molecule has 0 bridgehead atoms. The van der Waals surface area contributed by atoms with Crippen LogP contribution in [0.3, 0.4) is 0 Å². The molecule has 21 heavy (non-hydrogen) atoms. The van der Waals surface area contributed by atoms with E-state index in [0.29, 0.717) is 12.1 Å². The minimum atomic E-state index is -0.256. The number of carbonyl (C=O) groups excluding carboxylic acids is 2. The summed E-state index contributed by atoms with van der Waals surface area (Å²) in [6.07, 6.45) is 1.67. The first kappa shape index (κ1) is 14.8. The van der Waals surface area contributed by atoms with Gasteiger partial charge in [-0.2, -0.15) is 5.10 Å². The lowest BCUT2D eigenvalue weighted by Gasteiger charge is -2.07. The van der Waals surface area contributed by atoms with Crippen LogP contribution in [-0.2, 0) is 11.3 Å². The molecule has 1 aromatic carbocycles. The lowest BCUT2D eigenvalue weighted by Crippen LogP contribution is -2.36. The zero-order valence-corrected chi connectivity index (χ0v) is 12.1. The highest BCUT2D eigenvalue weighted by Crippen LogP contribution is 2.03. The minimum Gasteiger partial charge on any atom is -0.350 e. The van der Waals surface area contributed by atoms with E-state index in [1.54, 1.807) is 18.3 Å². The van der Waals surface area contributed by atoms with Crippen LogP contribution in [-0.4, -0.2) is 28.6 Å². The summed E-state index contributed by atoms with van der Waals surface area (Å²) in [5.41, 5.74) is 3.39. The number of benzene rings is 1. The summed E-state index contributed by atoms with van der Waals surface area (Å²) in [7, 11) is 0. The third kappa shape index (κ3) is 4.17. The van der Waals surface area contributed by atoms with Gasteiger partial charge in [0.2, 0.25) is 5.91 Å². The molecule has 0 radical (unpaired) electrons. The molecule has 2 aromatic rings. The largest absolute Gasteiger partial charge is 0.350 e. The van der Waals surface area contributed by atoms with Crippen molar-refractivity contribution < 1.29 is 9.59 Å². The molecule has 0 aliphatic carbocycles. The van der Waals surface area contributed by atoms with Gasteiger partial charge >= 0.3 is 0 Å². The molecule has 0 saturated carbocycles. The van der Waals surface area contributed by atoms with E-state index in [1.165, 1.54) is 0 Å². The Labute approximate surface area is 122 Å². The van der Waals surface area contributed by atoms with E-state index in [2.05, 4.69) is 20.8 Å². The van der Waals surface area contributed by atoms with Crippen LogP contribution < -0.4 is 10.6 Å². The predicted molar refractivity (Wildman–Crippen MR) is 78.7 cm³/mol. The fraction of sp³-hybridized carbons (Fsp3) is 0.267. The molecule has 6 nitrogen and oxygen atoms in total. The van der Waals surface area contributed by atoms with Crippen molar-refractivity contribution in [1.29, 1.82) is 0 Å². The molecule has 0 aliphatic heterocycles. The van der Waals surface area contributed by atoms with Gasteiger partial charge in [-0.05, 0) is 26.0 Å². The summed E-state index contributed by atoms with van der Waals surface area (Å²) in [6.45, 7) is 4.13. The molecule has 0 atom stereocenters. The number of rotatable bonds is 5. The molecule has 3 N–H and O–H groups in total. The monoisotopic (exact) mass is 286 g/mol. The van der Waals surface area contributed by atoms with Gasteiger partial charge in [0.25, 0.3) is 5.91 Å². The van der Waals surface area contributed by atoms with Crippen molar-refractivity contribution in [2.45, 2.75) is 20.4 Å². The first-order chi connectivity index (χ1) is 10.1. The highest BCUT2D eigenvalue weighted by atomic mass is 16.2. The third-order valence-corrected chi connectivity index (χ3v) is 3.10. The Bertz CT molecular complexity index is 649. The molecule has 0 unspecified atom stereocenters. The number of amides is 2. The van der Waals surface area contributed by atoms with Gasteiger partial charge in [0.1, 0.15) is 0 Å². The van der Waals surface area contributed by atoms with Crippen molar-refractivity contribution in [3.8, 4) is 0 Å². The van der Waals surface area contributed by atoms with Crippen molar-refractivity contribution in [3.05, 3.63) is 52.8 Å². The molecule has 0 spiro atoms. The summed E-state index contributed by atoms with van der Waals surface area (Å²) in [6, 6.07) is 7.22. The Morgan fingerprint density at radius 2 is 2.05 bits per heavy atom. The topological polar surface area (TPSA) is 86.9 Å². The highest BCUT2D eigenvalue weighted by molar-refractivity contribution is 5.96. The number of aromatic nitrogens is 2. The molecule has 2 rings (SSSR count). The molecule has 0 saturated heterocycles. The Hall–Kier alpha value is -2.63. The average molecular weight is 286 g/mol. The fourth-order valence-electron chi connectivity index (χ4n) is 1.86.